The van der Waals surface area contributed by atoms with Gasteiger partial charge in [-0.2, -0.15) is 0 Å². The van der Waals surface area contributed by atoms with Gasteiger partial charge in [-0.25, -0.2) is 0 Å². The zero-order chi connectivity index (χ0) is 9.68. The minimum Gasteiger partial charge on any atom is -0.480 e. The van der Waals surface area contributed by atoms with Gasteiger partial charge in [0.2, 0.25) is 0 Å². The van der Waals surface area contributed by atoms with E-state index in [1.807, 2.05) is 0 Å². The lowest BCUT2D eigenvalue weighted by Crippen LogP contribution is -2.30. The van der Waals surface area contributed by atoms with E-state index in [4.69, 9.17) is 10.8 Å². The number of hydrogen-bond acceptors (Lipinski definition) is 2. The maximum absolute atomic E-state index is 10.5. The summed E-state index contributed by atoms with van der Waals surface area (Å²) >= 11 is 0. The first-order chi connectivity index (χ1) is 6.20. The Bertz CT molecular complexity index is 211. The smallest absolute Gasteiger partial charge is 0.320 e. The van der Waals surface area contributed by atoms with Gasteiger partial charge in [0.15, 0.2) is 0 Å². The molecule has 0 fully saturated rings. The van der Waals surface area contributed by atoms with Crippen LogP contribution in [0.2, 0.25) is 0 Å². The number of carbonyl (C=O) groups is 1. The minimum atomic E-state index is -0.898. The number of hydrogen-bond donors (Lipinski definition) is 2. The maximum atomic E-state index is 10.5. The average Bonchev–Trinajstić information content (AvgIpc) is 2.32. The number of aliphatic carboxylic acids is 1. The SMILES string of the molecule is NC(CC1=CCCCCC1)C(=O)O. The second kappa shape index (κ2) is 5.02. The Hall–Kier alpha value is -0.830. The van der Waals surface area contributed by atoms with Gasteiger partial charge in [0, 0.05) is 0 Å². The molecule has 1 aliphatic carbocycles. The Balaban J connectivity index is 2.42. The summed E-state index contributed by atoms with van der Waals surface area (Å²) in [6, 6.07) is -0.718. The summed E-state index contributed by atoms with van der Waals surface area (Å²) in [4.78, 5) is 10.5. The lowest BCUT2D eigenvalue weighted by atomic mass is 10.0. The van der Waals surface area contributed by atoms with Gasteiger partial charge in [0.05, 0.1) is 0 Å². The van der Waals surface area contributed by atoms with Crippen LogP contribution < -0.4 is 5.73 Å². The van der Waals surface area contributed by atoms with Gasteiger partial charge in [-0.3, -0.25) is 4.79 Å². The molecule has 1 atom stereocenters. The van der Waals surface area contributed by atoms with Gasteiger partial charge in [-0.05, 0) is 32.1 Å². The third kappa shape index (κ3) is 3.59. The van der Waals surface area contributed by atoms with E-state index in [-0.39, 0.29) is 0 Å². The van der Waals surface area contributed by atoms with E-state index in [1.54, 1.807) is 0 Å². The van der Waals surface area contributed by atoms with Gasteiger partial charge < -0.3 is 10.8 Å². The van der Waals surface area contributed by atoms with Crippen molar-refractivity contribution in [3.63, 3.8) is 0 Å². The fourth-order valence-corrected chi connectivity index (χ4v) is 1.64. The molecule has 0 heterocycles. The molecule has 0 spiro atoms. The molecule has 0 aromatic heterocycles. The van der Waals surface area contributed by atoms with Crippen LogP contribution in [0.15, 0.2) is 11.6 Å². The van der Waals surface area contributed by atoms with Crippen molar-refractivity contribution in [2.45, 2.75) is 44.6 Å². The van der Waals surface area contributed by atoms with Crippen molar-refractivity contribution in [2.24, 2.45) is 5.73 Å². The van der Waals surface area contributed by atoms with Gasteiger partial charge in [-0.1, -0.05) is 18.1 Å². The van der Waals surface area contributed by atoms with E-state index in [0.717, 1.165) is 12.8 Å². The summed E-state index contributed by atoms with van der Waals surface area (Å²) in [6.07, 6.45) is 8.46. The van der Waals surface area contributed by atoms with Gasteiger partial charge >= 0.3 is 5.97 Å². The standard InChI is InChI=1S/C10H17NO2/c11-9(10(12)13)7-8-5-3-1-2-4-6-8/h5,9H,1-4,6-7,11H2,(H,12,13). The van der Waals surface area contributed by atoms with Crippen molar-refractivity contribution < 1.29 is 9.90 Å². The third-order valence-corrected chi connectivity index (χ3v) is 2.43. The van der Waals surface area contributed by atoms with Crippen LogP contribution >= 0.6 is 0 Å². The van der Waals surface area contributed by atoms with Crippen LogP contribution in [-0.4, -0.2) is 17.1 Å². The summed E-state index contributed by atoms with van der Waals surface area (Å²) in [6.45, 7) is 0. The molecule has 0 saturated carbocycles. The van der Waals surface area contributed by atoms with Gasteiger partial charge in [0.1, 0.15) is 6.04 Å². The Kier molecular flexibility index (Phi) is 3.96. The summed E-state index contributed by atoms with van der Waals surface area (Å²) in [5.74, 6) is -0.898. The van der Waals surface area contributed by atoms with Crippen LogP contribution in [0.3, 0.4) is 0 Å². The molecule has 0 aromatic carbocycles. The zero-order valence-electron chi connectivity index (χ0n) is 7.83. The Labute approximate surface area is 78.6 Å². The highest BCUT2D eigenvalue weighted by molar-refractivity contribution is 5.73. The quantitative estimate of drug-likeness (QED) is 0.654. The van der Waals surface area contributed by atoms with E-state index in [2.05, 4.69) is 6.08 Å². The van der Waals surface area contributed by atoms with Crippen LogP contribution in [0.25, 0.3) is 0 Å². The molecule has 74 valence electrons. The van der Waals surface area contributed by atoms with E-state index < -0.39 is 12.0 Å². The van der Waals surface area contributed by atoms with Crippen molar-refractivity contribution in [3.8, 4) is 0 Å². The molecule has 3 heteroatoms. The largest absolute Gasteiger partial charge is 0.480 e. The highest BCUT2D eigenvalue weighted by atomic mass is 16.4. The van der Waals surface area contributed by atoms with E-state index in [0.29, 0.717) is 6.42 Å². The van der Waals surface area contributed by atoms with Crippen LogP contribution in [0.4, 0.5) is 0 Å². The van der Waals surface area contributed by atoms with Crippen molar-refractivity contribution in [1.29, 1.82) is 0 Å². The summed E-state index contributed by atoms with van der Waals surface area (Å²) in [5, 5.41) is 8.63. The van der Waals surface area contributed by atoms with Crippen molar-refractivity contribution >= 4 is 5.97 Å². The fourth-order valence-electron chi connectivity index (χ4n) is 1.64. The Morgan fingerprint density at radius 2 is 2.31 bits per heavy atom. The predicted molar refractivity (Wildman–Crippen MR) is 51.4 cm³/mol. The van der Waals surface area contributed by atoms with E-state index in [1.165, 1.54) is 24.8 Å². The Morgan fingerprint density at radius 3 is 3.00 bits per heavy atom. The van der Waals surface area contributed by atoms with Crippen molar-refractivity contribution in [1.82, 2.24) is 0 Å². The average molecular weight is 183 g/mol. The number of rotatable bonds is 3. The first kappa shape index (κ1) is 10.3. The molecule has 1 rings (SSSR count). The lowest BCUT2D eigenvalue weighted by molar-refractivity contribution is -0.138. The molecule has 3 N–H and O–H groups in total. The molecule has 0 bridgehead atoms. The van der Waals surface area contributed by atoms with Gasteiger partial charge in [0.25, 0.3) is 0 Å². The molecule has 0 radical (unpaired) electrons. The topological polar surface area (TPSA) is 63.3 Å². The van der Waals surface area contributed by atoms with Crippen LogP contribution in [-0.2, 0) is 4.79 Å². The molecular formula is C10H17NO2. The predicted octanol–water partition coefficient (Wildman–Crippen LogP) is 1.68. The molecule has 1 unspecified atom stereocenters. The first-order valence-electron chi connectivity index (χ1n) is 4.86. The fraction of sp³-hybridized carbons (Fsp3) is 0.700. The molecule has 0 saturated heterocycles. The van der Waals surface area contributed by atoms with Gasteiger partial charge in [-0.15, -0.1) is 0 Å². The minimum absolute atomic E-state index is 0.523. The van der Waals surface area contributed by atoms with Crippen molar-refractivity contribution in [2.75, 3.05) is 0 Å². The highest BCUT2D eigenvalue weighted by Gasteiger charge is 2.14. The first-order valence-corrected chi connectivity index (χ1v) is 4.86. The highest BCUT2D eigenvalue weighted by Crippen LogP contribution is 2.20. The van der Waals surface area contributed by atoms with Crippen molar-refractivity contribution in [3.05, 3.63) is 11.6 Å². The zero-order valence-corrected chi connectivity index (χ0v) is 7.83. The monoisotopic (exact) mass is 183 g/mol. The number of carboxylic acids is 1. The lowest BCUT2D eigenvalue weighted by Gasteiger charge is -2.08. The second-order valence-corrected chi connectivity index (χ2v) is 3.61. The number of carboxylic acid groups (broad SMARTS) is 1. The normalized spacial score (nSPS) is 20.2. The van der Waals surface area contributed by atoms with Crippen LogP contribution in [0.1, 0.15) is 38.5 Å². The summed E-state index contributed by atoms with van der Waals surface area (Å²) < 4.78 is 0. The molecular weight excluding hydrogens is 166 g/mol. The maximum Gasteiger partial charge on any atom is 0.320 e. The number of allylic oxidation sites excluding steroid dienone is 1. The Morgan fingerprint density at radius 1 is 1.54 bits per heavy atom. The summed E-state index contributed by atoms with van der Waals surface area (Å²) in [5.41, 5.74) is 6.69. The summed E-state index contributed by atoms with van der Waals surface area (Å²) in [7, 11) is 0. The van der Waals surface area contributed by atoms with E-state index in [9.17, 15) is 4.79 Å². The molecule has 0 aromatic rings. The van der Waals surface area contributed by atoms with Crippen LogP contribution in [0, 0.1) is 0 Å². The molecule has 0 amide bonds. The molecule has 3 nitrogen and oxygen atoms in total. The second-order valence-electron chi connectivity index (χ2n) is 3.61. The van der Waals surface area contributed by atoms with E-state index >= 15 is 0 Å². The molecule has 0 aliphatic heterocycles. The third-order valence-electron chi connectivity index (χ3n) is 2.43. The van der Waals surface area contributed by atoms with Crippen LogP contribution in [0.5, 0.6) is 0 Å². The number of nitrogens with two attached hydrogens (primary N) is 1. The molecule has 1 aliphatic rings. The molecule has 13 heavy (non-hydrogen) atoms.